The summed E-state index contributed by atoms with van der Waals surface area (Å²) < 4.78 is 60.8. The van der Waals surface area contributed by atoms with Crippen LogP contribution in [0.1, 0.15) is 37.0 Å². The van der Waals surface area contributed by atoms with E-state index in [-0.39, 0.29) is 18.3 Å². The molecule has 2 nitrogen and oxygen atoms in total. The van der Waals surface area contributed by atoms with Gasteiger partial charge in [-0.1, -0.05) is 38.2 Å². The molecule has 0 N–H and O–H groups in total. The van der Waals surface area contributed by atoms with E-state index in [9.17, 15) is 17.6 Å². The minimum Gasteiger partial charge on any atom is -0.455 e. The Morgan fingerprint density at radius 3 is 2.46 bits per heavy atom. The van der Waals surface area contributed by atoms with E-state index in [1.165, 1.54) is 26.0 Å². The highest BCUT2D eigenvalue weighted by atomic mass is 19.4. The van der Waals surface area contributed by atoms with Crippen LogP contribution in [-0.2, 0) is 0 Å². The number of likely N-dealkylation sites (N-methyl/N-ethyl adjacent to an activating group) is 1. The fraction of sp³-hybridized carbons (Fsp3) is 0.310. The first-order valence-corrected chi connectivity index (χ1v) is 11.6. The van der Waals surface area contributed by atoms with Crippen LogP contribution in [0.25, 0.3) is 27.6 Å². The third kappa shape index (κ3) is 3.70. The van der Waals surface area contributed by atoms with Gasteiger partial charge in [0.25, 0.3) is 0 Å². The predicted octanol–water partition coefficient (Wildman–Crippen LogP) is 8.40. The van der Waals surface area contributed by atoms with E-state index in [2.05, 4.69) is 11.0 Å². The summed E-state index contributed by atoms with van der Waals surface area (Å²) in [4.78, 5) is 2.08. The predicted molar refractivity (Wildman–Crippen MR) is 132 cm³/mol. The Labute approximate surface area is 201 Å². The Morgan fingerprint density at radius 2 is 1.74 bits per heavy atom. The molecule has 0 amide bonds. The van der Waals surface area contributed by atoms with E-state index in [1.807, 2.05) is 45.2 Å². The Bertz CT molecular complexity index is 1480. The lowest BCUT2D eigenvalue weighted by Crippen LogP contribution is -2.37. The van der Waals surface area contributed by atoms with Crippen LogP contribution < -0.4 is 0 Å². The summed E-state index contributed by atoms with van der Waals surface area (Å²) in [7, 11) is 1.95. The molecule has 0 spiro atoms. The summed E-state index contributed by atoms with van der Waals surface area (Å²) in [5.74, 6) is -0.360. The van der Waals surface area contributed by atoms with Gasteiger partial charge in [-0.15, -0.1) is 0 Å². The van der Waals surface area contributed by atoms with Gasteiger partial charge in [0.05, 0.1) is 11.5 Å². The first-order chi connectivity index (χ1) is 16.4. The lowest BCUT2D eigenvalue weighted by atomic mass is 9.78. The highest BCUT2D eigenvalue weighted by Gasteiger charge is 2.48. The molecule has 0 saturated carbocycles. The third-order valence-electron chi connectivity index (χ3n) is 7.40. The fourth-order valence-corrected chi connectivity index (χ4v) is 5.06. The molecule has 1 aromatic heterocycles. The van der Waals surface area contributed by atoms with Gasteiger partial charge in [-0.25, -0.2) is 4.39 Å². The number of furan rings is 1. The van der Waals surface area contributed by atoms with Crippen LogP contribution in [0.2, 0.25) is 0 Å². The maximum absolute atomic E-state index is 13.9. The molecule has 0 radical (unpaired) electrons. The summed E-state index contributed by atoms with van der Waals surface area (Å²) in [5.41, 5.74) is 4.82. The number of benzene rings is 2. The molecule has 1 aliphatic heterocycles. The van der Waals surface area contributed by atoms with Gasteiger partial charge < -0.3 is 9.32 Å². The molecule has 0 fully saturated rings. The third-order valence-corrected chi connectivity index (χ3v) is 7.40. The smallest absolute Gasteiger partial charge is 0.394 e. The second-order valence-electron chi connectivity index (χ2n) is 10.2. The molecule has 35 heavy (non-hydrogen) atoms. The first kappa shape index (κ1) is 23.5. The molecule has 3 aromatic rings. The lowest BCUT2D eigenvalue weighted by molar-refractivity contribution is -0.210. The average molecular weight is 482 g/mol. The Hall–Kier alpha value is -3.28. The number of allylic oxidation sites excluding steroid dienone is 4. The second kappa shape index (κ2) is 7.87. The van der Waals surface area contributed by atoms with Gasteiger partial charge in [-0.3, -0.25) is 0 Å². The molecule has 2 aliphatic rings. The number of rotatable bonds is 3. The van der Waals surface area contributed by atoms with Crippen molar-refractivity contribution in [1.82, 2.24) is 4.90 Å². The highest BCUT2D eigenvalue weighted by Crippen LogP contribution is 2.46. The summed E-state index contributed by atoms with van der Waals surface area (Å²) >= 11 is 0. The Morgan fingerprint density at radius 1 is 1.00 bits per heavy atom. The Balaban J connectivity index is 1.65. The van der Waals surface area contributed by atoms with E-state index in [1.54, 1.807) is 12.1 Å². The minimum atomic E-state index is -4.29. The van der Waals surface area contributed by atoms with Crippen molar-refractivity contribution in [3.8, 4) is 0 Å². The van der Waals surface area contributed by atoms with Gasteiger partial charge in [-0.05, 0) is 66.8 Å². The molecule has 182 valence electrons. The number of aryl methyl sites for hydroxylation is 1. The SMILES string of the molecule is Cc1cc2c(oc3cc(F)ccc32)c(C2=CC=C3C(CC(C)(C)C(F)(F)F)=CC=CC3N2C)c1C. The van der Waals surface area contributed by atoms with Crippen molar-refractivity contribution in [3.05, 3.63) is 88.3 Å². The van der Waals surface area contributed by atoms with E-state index in [0.717, 1.165) is 38.7 Å². The van der Waals surface area contributed by atoms with Crippen molar-refractivity contribution < 1.29 is 22.0 Å². The van der Waals surface area contributed by atoms with Crippen LogP contribution >= 0.6 is 0 Å². The molecule has 5 rings (SSSR count). The summed E-state index contributed by atoms with van der Waals surface area (Å²) in [6.45, 7) is 6.55. The number of hydrogen-bond acceptors (Lipinski definition) is 2. The monoisotopic (exact) mass is 481 g/mol. The first-order valence-electron chi connectivity index (χ1n) is 11.6. The standard InChI is InChI=1S/C29H27F4NO/c1-16-13-22-21-10-9-19(30)14-25(21)35-27(22)26(17(16)2)24-12-11-20-18(7-6-8-23(20)34(24)5)15-28(3,4)29(31,32)33/h6-14,23H,15H2,1-5H3. The quantitative estimate of drug-likeness (QED) is 0.349. The van der Waals surface area contributed by atoms with Crippen molar-refractivity contribution >= 4 is 27.6 Å². The molecular formula is C29H27F4NO. The van der Waals surface area contributed by atoms with Gasteiger partial charge in [0, 0.05) is 35.1 Å². The van der Waals surface area contributed by atoms with Crippen molar-refractivity contribution in [2.24, 2.45) is 5.41 Å². The molecule has 2 heterocycles. The van der Waals surface area contributed by atoms with E-state index < -0.39 is 11.6 Å². The van der Waals surface area contributed by atoms with Crippen LogP contribution in [-0.4, -0.2) is 24.2 Å². The Kier molecular flexibility index (Phi) is 5.28. The molecule has 1 atom stereocenters. The normalized spacial score (nSPS) is 18.6. The summed E-state index contributed by atoms with van der Waals surface area (Å²) in [5, 5.41) is 1.76. The summed E-state index contributed by atoms with van der Waals surface area (Å²) in [6, 6.07) is 6.41. The zero-order valence-electron chi connectivity index (χ0n) is 20.3. The van der Waals surface area contributed by atoms with Gasteiger partial charge in [0.2, 0.25) is 0 Å². The van der Waals surface area contributed by atoms with Gasteiger partial charge >= 0.3 is 6.18 Å². The van der Waals surface area contributed by atoms with E-state index in [4.69, 9.17) is 4.42 Å². The maximum atomic E-state index is 13.9. The fourth-order valence-electron chi connectivity index (χ4n) is 5.06. The van der Waals surface area contributed by atoms with Crippen molar-refractivity contribution in [1.29, 1.82) is 0 Å². The minimum absolute atomic E-state index is 0.0942. The van der Waals surface area contributed by atoms with Crippen LogP contribution in [0.15, 0.2) is 70.2 Å². The van der Waals surface area contributed by atoms with Gasteiger partial charge in [0.15, 0.2) is 0 Å². The number of alkyl halides is 3. The van der Waals surface area contributed by atoms with Crippen molar-refractivity contribution in [2.75, 3.05) is 7.05 Å². The van der Waals surface area contributed by atoms with Crippen LogP contribution in [0.4, 0.5) is 17.6 Å². The highest BCUT2D eigenvalue weighted by molar-refractivity contribution is 6.09. The lowest BCUT2D eigenvalue weighted by Gasteiger charge is -2.39. The summed E-state index contributed by atoms with van der Waals surface area (Å²) in [6.07, 6.45) is 5.12. The molecule has 0 saturated heterocycles. The average Bonchev–Trinajstić information content (AvgIpc) is 3.12. The molecule has 6 heteroatoms. The largest absolute Gasteiger partial charge is 0.455 e. The van der Waals surface area contributed by atoms with Gasteiger partial charge in [-0.2, -0.15) is 13.2 Å². The van der Waals surface area contributed by atoms with Crippen LogP contribution in [0.5, 0.6) is 0 Å². The molecule has 0 bridgehead atoms. The molecule has 2 aromatic carbocycles. The number of fused-ring (bicyclic) bond motifs is 4. The molecular weight excluding hydrogens is 454 g/mol. The van der Waals surface area contributed by atoms with E-state index in [0.29, 0.717) is 16.7 Å². The van der Waals surface area contributed by atoms with Gasteiger partial charge in [0.1, 0.15) is 17.0 Å². The molecule has 1 aliphatic carbocycles. The number of nitrogens with zero attached hydrogens (tertiary/aromatic N) is 1. The topological polar surface area (TPSA) is 16.4 Å². The molecule has 1 unspecified atom stereocenters. The van der Waals surface area contributed by atoms with Crippen LogP contribution in [0, 0.1) is 25.1 Å². The van der Waals surface area contributed by atoms with Crippen molar-refractivity contribution in [2.45, 2.75) is 46.3 Å². The van der Waals surface area contributed by atoms with Crippen LogP contribution in [0.3, 0.4) is 0 Å². The van der Waals surface area contributed by atoms with Crippen molar-refractivity contribution in [3.63, 3.8) is 0 Å². The van der Waals surface area contributed by atoms with E-state index >= 15 is 0 Å². The second-order valence-corrected chi connectivity index (χ2v) is 10.2. The zero-order valence-corrected chi connectivity index (χ0v) is 20.3. The zero-order chi connectivity index (χ0) is 25.3. The number of hydrogen-bond donors (Lipinski definition) is 0. The number of halogens is 4. The maximum Gasteiger partial charge on any atom is 0.394 e.